The summed E-state index contributed by atoms with van der Waals surface area (Å²) in [5.74, 6) is -0.302. The molecule has 1 atom stereocenters. The standard InChI is InChI=1S/C12H13FN2S/c1-2-14-12(9-5-6-16-8-9)11-4-3-10(13)7-15-11/h3-8,12,14H,2H2,1H3. The van der Waals surface area contributed by atoms with Crippen LogP contribution in [-0.2, 0) is 0 Å². The van der Waals surface area contributed by atoms with Gasteiger partial charge in [-0.05, 0) is 41.1 Å². The van der Waals surface area contributed by atoms with Crippen LogP contribution in [0.25, 0.3) is 0 Å². The quantitative estimate of drug-likeness (QED) is 0.882. The van der Waals surface area contributed by atoms with Crippen LogP contribution in [0, 0.1) is 5.82 Å². The van der Waals surface area contributed by atoms with Crippen LogP contribution >= 0.6 is 11.3 Å². The number of nitrogens with zero attached hydrogens (tertiary/aromatic N) is 1. The lowest BCUT2D eigenvalue weighted by Crippen LogP contribution is -2.22. The summed E-state index contributed by atoms with van der Waals surface area (Å²) in [6.45, 7) is 2.89. The fraction of sp³-hybridized carbons (Fsp3) is 0.250. The Morgan fingerprint density at radius 1 is 1.44 bits per heavy atom. The molecule has 0 saturated heterocycles. The molecule has 2 aromatic heterocycles. The Morgan fingerprint density at radius 2 is 2.31 bits per heavy atom. The average Bonchev–Trinajstić information content (AvgIpc) is 2.81. The summed E-state index contributed by atoms with van der Waals surface area (Å²) < 4.78 is 12.8. The van der Waals surface area contributed by atoms with Gasteiger partial charge in [-0.25, -0.2) is 4.39 Å². The molecular formula is C12H13FN2S. The van der Waals surface area contributed by atoms with E-state index in [0.29, 0.717) is 0 Å². The van der Waals surface area contributed by atoms with E-state index in [1.165, 1.54) is 17.8 Å². The predicted molar refractivity (Wildman–Crippen MR) is 64.0 cm³/mol. The molecular weight excluding hydrogens is 223 g/mol. The third kappa shape index (κ3) is 2.46. The topological polar surface area (TPSA) is 24.9 Å². The lowest BCUT2D eigenvalue weighted by molar-refractivity contribution is 0.595. The van der Waals surface area contributed by atoms with Gasteiger partial charge in [-0.3, -0.25) is 4.98 Å². The van der Waals surface area contributed by atoms with Crippen molar-refractivity contribution in [1.82, 2.24) is 10.3 Å². The number of rotatable bonds is 4. The molecule has 0 aliphatic rings. The van der Waals surface area contributed by atoms with Gasteiger partial charge in [0.15, 0.2) is 0 Å². The van der Waals surface area contributed by atoms with E-state index in [9.17, 15) is 4.39 Å². The molecule has 2 rings (SSSR count). The Kier molecular flexibility index (Phi) is 3.64. The summed E-state index contributed by atoms with van der Waals surface area (Å²) in [7, 11) is 0. The molecule has 0 radical (unpaired) electrons. The van der Waals surface area contributed by atoms with Crippen molar-refractivity contribution in [2.24, 2.45) is 0 Å². The molecule has 1 unspecified atom stereocenters. The summed E-state index contributed by atoms with van der Waals surface area (Å²) in [6.07, 6.45) is 1.26. The molecule has 0 aliphatic carbocycles. The number of aromatic nitrogens is 1. The highest BCUT2D eigenvalue weighted by molar-refractivity contribution is 7.08. The van der Waals surface area contributed by atoms with E-state index in [0.717, 1.165) is 12.2 Å². The molecule has 2 heterocycles. The highest BCUT2D eigenvalue weighted by Gasteiger charge is 2.14. The van der Waals surface area contributed by atoms with E-state index < -0.39 is 0 Å². The zero-order chi connectivity index (χ0) is 11.4. The molecule has 2 aromatic rings. The normalized spacial score (nSPS) is 12.6. The molecule has 4 heteroatoms. The smallest absolute Gasteiger partial charge is 0.141 e. The van der Waals surface area contributed by atoms with Gasteiger partial charge in [-0.15, -0.1) is 0 Å². The van der Waals surface area contributed by atoms with Gasteiger partial charge in [0, 0.05) is 0 Å². The molecule has 2 nitrogen and oxygen atoms in total. The SMILES string of the molecule is CCNC(c1ccsc1)c1ccc(F)cn1. The van der Waals surface area contributed by atoms with Crippen LogP contribution in [0.2, 0.25) is 0 Å². The van der Waals surface area contributed by atoms with Crippen molar-refractivity contribution in [2.45, 2.75) is 13.0 Å². The van der Waals surface area contributed by atoms with Gasteiger partial charge in [0.2, 0.25) is 0 Å². The van der Waals surface area contributed by atoms with Crippen LogP contribution in [0.5, 0.6) is 0 Å². The second kappa shape index (κ2) is 5.18. The molecule has 0 aliphatic heterocycles. The number of thiophene rings is 1. The first-order chi connectivity index (χ1) is 7.81. The Labute approximate surface area is 98.2 Å². The Balaban J connectivity index is 2.29. The first-order valence-electron chi connectivity index (χ1n) is 5.18. The number of hydrogen-bond donors (Lipinski definition) is 1. The highest BCUT2D eigenvalue weighted by Crippen LogP contribution is 2.22. The van der Waals surface area contributed by atoms with E-state index in [2.05, 4.69) is 21.7 Å². The van der Waals surface area contributed by atoms with Crippen LogP contribution < -0.4 is 5.32 Å². The summed E-state index contributed by atoms with van der Waals surface area (Å²) in [6, 6.07) is 5.28. The molecule has 0 spiro atoms. The monoisotopic (exact) mass is 236 g/mol. The third-order valence-electron chi connectivity index (χ3n) is 2.33. The molecule has 0 bridgehead atoms. The molecule has 0 aromatic carbocycles. The van der Waals surface area contributed by atoms with Crippen molar-refractivity contribution in [3.8, 4) is 0 Å². The zero-order valence-electron chi connectivity index (χ0n) is 8.98. The van der Waals surface area contributed by atoms with Crippen molar-refractivity contribution >= 4 is 11.3 Å². The molecule has 0 fully saturated rings. The lowest BCUT2D eigenvalue weighted by Gasteiger charge is -2.15. The van der Waals surface area contributed by atoms with Crippen LogP contribution in [0.4, 0.5) is 4.39 Å². The van der Waals surface area contributed by atoms with Gasteiger partial charge in [0.05, 0.1) is 17.9 Å². The van der Waals surface area contributed by atoms with Crippen LogP contribution in [-0.4, -0.2) is 11.5 Å². The summed E-state index contributed by atoms with van der Waals surface area (Å²) in [4.78, 5) is 4.12. The van der Waals surface area contributed by atoms with Gasteiger partial charge in [-0.1, -0.05) is 6.92 Å². The maximum absolute atomic E-state index is 12.8. The molecule has 1 N–H and O–H groups in total. The maximum atomic E-state index is 12.8. The zero-order valence-corrected chi connectivity index (χ0v) is 9.80. The largest absolute Gasteiger partial charge is 0.305 e. The van der Waals surface area contributed by atoms with Gasteiger partial charge in [-0.2, -0.15) is 11.3 Å². The Bertz CT molecular complexity index is 425. The summed E-state index contributed by atoms with van der Waals surface area (Å²) in [5.41, 5.74) is 2.02. The van der Waals surface area contributed by atoms with Crippen molar-refractivity contribution in [1.29, 1.82) is 0 Å². The van der Waals surface area contributed by atoms with Gasteiger partial charge in [0.1, 0.15) is 5.82 Å². The second-order valence-corrected chi connectivity index (χ2v) is 4.23. The van der Waals surface area contributed by atoms with Gasteiger partial charge in [0.25, 0.3) is 0 Å². The van der Waals surface area contributed by atoms with E-state index in [1.807, 2.05) is 12.3 Å². The van der Waals surface area contributed by atoms with Gasteiger partial charge >= 0.3 is 0 Å². The van der Waals surface area contributed by atoms with E-state index in [4.69, 9.17) is 0 Å². The summed E-state index contributed by atoms with van der Waals surface area (Å²) in [5, 5.41) is 7.46. The number of halogens is 1. The van der Waals surface area contributed by atoms with Gasteiger partial charge < -0.3 is 5.32 Å². The fourth-order valence-electron chi connectivity index (χ4n) is 1.59. The summed E-state index contributed by atoms with van der Waals surface area (Å²) >= 11 is 1.65. The van der Waals surface area contributed by atoms with E-state index in [-0.39, 0.29) is 11.9 Å². The third-order valence-corrected chi connectivity index (χ3v) is 3.03. The Hall–Kier alpha value is -1.26. The predicted octanol–water partition coefficient (Wildman–Crippen LogP) is 2.98. The van der Waals surface area contributed by atoms with Crippen LogP contribution in [0.3, 0.4) is 0 Å². The number of pyridine rings is 1. The van der Waals surface area contributed by atoms with E-state index in [1.54, 1.807) is 17.4 Å². The van der Waals surface area contributed by atoms with Crippen molar-refractivity contribution < 1.29 is 4.39 Å². The first-order valence-corrected chi connectivity index (χ1v) is 6.12. The molecule has 16 heavy (non-hydrogen) atoms. The first kappa shape index (κ1) is 11.2. The maximum Gasteiger partial charge on any atom is 0.141 e. The van der Waals surface area contributed by atoms with Crippen LogP contribution in [0.1, 0.15) is 24.2 Å². The van der Waals surface area contributed by atoms with Crippen molar-refractivity contribution in [3.05, 3.63) is 52.2 Å². The minimum absolute atomic E-state index is 0.0526. The minimum atomic E-state index is -0.302. The molecule has 0 saturated carbocycles. The lowest BCUT2D eigenvalue weighted by atomic mass is 10.1. The highest BCUT2D eigenvalue weighted by atomic mass is 32.1. The van der Waals surface area contributed by atoms with Crippen LogP contribution in [0.15, 0.2) is 35.2 Å². The van der Waals surface area contributed by atoms with Crippen molar-refractivity contribution in [3.63, 3.8) is 0 Å². The minimum Gasteiger partial charge on any atom is -0.305 e. The molecule has 0 amide bonds. The average molecular weight is 236 g/mol. The number of hydrogen-bond acceptors (Lipinski definition) is 3. The van der Waals surface area contributed by atoms with Crippen molar-refractivity contribution in [2.75, 3.05) is 6.54 Å². The molecule has 84 valence electrons. The number of nitrogens with one attached hydrogen (secondary N) is 1. The van der Waals surface area contributed by atoms with E-state index >= 15 is 0 Å². The second-order valence-electron chi connectivity index (χ2n) is 3.45. The Morgan fingerprint density at radius 3 is 2.88 bits per heavy atom. The fourth-order valence-corrected chi connectivity index (χ4v) is 2.28.